The van der Waals surface area contributed by atoms with Crippen LogP contribution < -0.4 is 11.1 Å². The first kappa shape index (κ1) is 12.2. The van der Waals surface area contributed by atoms with Crippen molar-refractivity contribution < 1.29 is 14.6 Å². The standard InChI is InChI=1S/C11H16N2O3/c1-11(2,3)16-10(15)13-7-4-5-8(12)9(14)6-7/h4-6,14H,12H2,1-3H3,(H,13,15). The molecule has 1 aromatic carbocycles. The Kier molecular flexibility index (Phi) is 3.27. The molecule has 0 saturated carbocycles. The zero-order valence-electron chi connectivity index (χ0n) is 9.57. The van der Waals surface area contributed by atoms with Gasteiger partial charge in [0.25, 0.3) is 0 Å². The maximum Gasteiger partial charge on any atom is 0.412 e. The van der Waals surface area contributed by atoms with Gasteiger partial charge in [0, 0.05) is 11.8 Å². The monoisotopic (exact) mass is 224 g/mol. The summed E-state index contributed by atoms with van der Waals surface area (Å²) in [4.78, 5) is 11.4. The van der Waals surface area contributed by atoms with Crippen LogP contribution in [-0.4, -0.2) is 16.8 Å². The molecule has 0 aromatic heterocycles. The molecule has 0 aliphatic rings. The van der Waals surface area contributed by atoms with Crippen LogP contribution in [0.1, 0.15) is 20.8 Å². The number of carbonyl (C=O) groups is 1. The lowest BCUT2D eigenvalue weighted by molar-refractivity contribution is 0.0636. The second-order valence-electron chi connectivity index (χ2n) is 4.40. The molecular formula is C11H16N2O3. The molecule has 0 unspecified atom stereocenters. The van der Waals surface area contributed by atoms with E-state index in [0.717, 1.165) is 0 Å². The summed E-state index contributed by atoms with van der Waals surface area (Å²) in [5.74, 6) is -0.0754. The number of phenolic OH excluding ortho intramolecular Hbond substituents is 1. The quantitative estimate of drug-likeness (QED) is 0.505. The molecule has 1 aromatic rings. The molecule has 1 amide bonds. The smallest absolute Gasteiger partial charge is 0.412 e. The summed E-state index contributed by atoms with van der Waals surface area (Å²) in [7, 11) is 0. The molecule has 0 aliphatic heterocycles. The van der Waals surface area contributed by atoms with Gasteiger partial charge in [-0.05, 0) is 32.9 Å². The third kappa shape index (κ3) is 3.68. The van der Waals surface area contributed by atoms with Crippen molar-refractivity contribution in [3.05, 3.63) is 18.2 Å². The van der Waals surface area contributed by atoms with Gasteiger partial charge in [0.1, 0.15) is 11.4 Å². The number of ether oxygens (including phenoxy) is 1. The fourth-order valence-corrected chi connectivity index (χ4v) is 1.04. The first-order valence-corrected chi connectivity index (χ1v) is 4.86. The number of phenols is 1. The van der Waals surface area contributed by atoms with Gasteiger partial charge >= 0.3 is 6.09 Å². The summed E-state index contributed by atoms with van der Waals surface area (Å²) in [5, 5.41) is 11.8. The van der Waals surface area contributed by atoms with Crippen LogP contribution in [0.25, 0.3) is 0 Å². The number of nitrogen functional groups attached to an aromatic ring is 1. The SMILES string of the molecule is CC(C)(C)OC(=O)Nc1ccc(N)c(O)c1. The van der Waals surface area contributed by atoms with Crippen LogP contribution >= 0.6 is 0 Å². The Bertz CT molecular complexity index is 397. The van der Waals surface area contributed by atoms with Crippen molar-refractivity contribution in [3.8, 4) is 5.75 Å². The van der Waals surface area contributed by atoms with Crippen molar-refractivity contribution in [1.82, 2.24) is 0 Å². The Morgan fingerprint density at radius 3 is 2.56 bits per heavy atom. The van der Waals surface area contributed by atoms with E-state index in [2.05, 4.69) is 5.32 Å². The van der Waals surface area contributed by atoms with Gasteiger partial charge < -0.3 is 15.6 Å². The highest BCUT2D eigenvalue weighted by atomic mass is 16.6. The van der Waals surface area contributed by atoms with Crippen LogP contribution in [0, 0.1) is 0 Å². The largest absolute Gasteiger partial charge is 0.506 e. The number of carbonyl (C=O) groups excluding carboxylic acids is 1. The van der Waals surface area contributed by atoms with E-state index in [9.17, 15) is 9.90 Å². The Hall–Kier alpha value is -1.91. The number of amides is 1. The third-order valence-corrected chi connectivity index (χ3v) is 1.68. The number of hydrogen-bond donors (Lipinski definition) is 3. The van der Waals surface area contributed by atoms with Crippen molar-refractivity contribution in [3.63, 3.8) is 0 Å². The molecule has 0 atom stereocenters. The second-order valence-corrected chi connectivity index (χ2v) is 4.40. The van der Waals surface area contributed by atoms with Crippen LogP contribution in [-0.2, 0) is 4.74 Å². The highest BCUT2D eigenvalue weighted by Gasteiger charge is 2.16. The lowest BCUT2D eigenvalue weighted by atomic mass is 10.2. The molecule has 0 bridgehead atoms. The van der Waals surface area contributed by atoms with Gasteiger partial charge in [0.15, 0.2) is 0 Å². The normalized spacial score (nSPS) is 10.9. The van der Waals surface area contributed by atoms with Crippen LogP contribution in [0.4, 0.5) is 16.2 Å². The van der Waals surface area contributed by atoms with E-state index in [1.165, 1.54) is 12.1 Å². The summed E-state index contributed by atoms with van der Waals surface area (Å²) in [6.45, 7) is 5.31. The molecule has 4 N–H and O–H groups in total. The summed E-state index contributed by atoms with van der Waals surface area (Å²) in [5.41, 5.74) is 5.56. The molecule has 16 heavy (non-hydrogen) atoms. The number of nitrogens with one attached hydrogen (secondary N) is 1. The number of anilines is 2. The van der Waals surface area contributed by atoms with Crippen molar-refractivity contribution in [1.29, 1.82) is 0 Å². The van der Waals surface area contributed by atoms with Gasteiger partial charge in [-0.2, -0.15) is 0 Å². The summed E-state index contributed by atoms with van der Waals surface area (Å²) >= 11 is 0. The predicted octanol–water partition coefficient (Wildman–Crippen LogP) is 2.32. The van der Waals surface area contributed by atoms with E-state index in [1.807, 2.05) is 0 Å². The minimum atomic E-state index is -0.573. The van der Waals surface area contributed by atoms with E-state index < -0.39 is 11.7 Å². The first-order valence-electron chi connectivity index (χ1n) is 4.86. The van der Waals surface area contributed by atoms with Gasteiger partial charge in [0.2, 0.25) is 0 Å². The molecule has 88 valence electrons. The fraction of sp³-hybridized carbons (Fsp3) is 0.364. The lowest BCUT2D eigenvalue weighted by Crippen LogP contribution is -2.27. The van der Waals surface area contributed by atoms with Gasteiger partial charge in [-0.25, -0.2) is 4.79 Å². The van der Waals surface area contributed by atoms with E-state index in [-0.39, 0.29) is 11.4 Å². The zero-order valence-corrected chi connectivity index (χ0v) is 9.57. The van der Waals surface area contributed by atoms with Gasteiger partial charge in [-0.1, -0.05) is 0 Å². The van der Waals surface area contributed by atoms with Crippen molar-refractivity contribution in [2.75, 3.05) is 11.1 Å². The molecule has 5 heteroatoms. The minimum Gasteiger partial charge on any atom is -0.506 e. The number of hydrogen-bond acceptors (Lipinski definition) is 4. The van der Waals surface area contributed by atoms with Crippen LogP contribution in [0.3, 0.4) is 0 Å². The molecule has 0 fully saturated rings. The third-order valence-electron chi connectivity index (χ3n) is 1.68. The van der Waals surface area contributed by atoms with E-state index >= 15 is 0 Å². The summed E-state index contributed by atoms with van der Waals surface area (Å²) in [6.07, 6.45) is -0.573. The first-order chi connectivity index (χ1) is 7.28. The minimum absolute atomic E-state index is 0.0754. The van der Waals surface area contributed by atoms with Gasteiger partial charge in [0.05, 0.1) is 5.69 Å². The average Bonchev–Trinajstić information content (AvgIpc) is 2.08. The molecule has 0 saturated heterocycles. The Morgan fingerprint density at radius 2 is 2.06 bits per heavy atom. The summed E-state index contributed by atoms with van der Waals surface area (Å²) < 4.78 is 5.05. The van der Waals surface area contributed by atoms with Crippen LogP contribution in [0.2, 0.25) is 0 Å². The Balaban J connectivity index is 2.67. The van der Waals surface area contributed by atoms with Crippen molar-refractivity contribution in [2.24, 2.45) is 0 Å². The molecule has 0 spiro atoms. The Labute approximate surface area is 94.2 Å². The molecule has 0 heterocycles. The maximum atomic E-state index is 11.4. The fourth-order valence-electron chi connectivity index (χ4n) is 1.04. The lowest BCUT2D eigenvalue weighted by Gasteiger charge is -2.19. The van der Waals surface area contributed by atoms with E-state index in [1.54, 1.807) is 26.8 Å². The second kappa shape index (κ2) is 4.30. The van der Waals surface area contributed by atoms with Crippen LogP contribution in [0.5, 0.6) is 5.75 Å². The van der Waals surface area contributed by atoms with Gasteiger partial charge in [-0.3, -0.25) is 5.32 Å². The van der Waals surface area contributed by atoms with E-state index in [4.69, 9.17) is 10.5 Å². The summed E-state index contributed by atoms with van der Waals surface area (Å²) in [6, 6.07) is 4.44. The molecule has 0 aliphatic carbocycles. The average molecular weight is 224 g/mol. The van der Waals surface area contributed by atoms with Gasteiger partial charge in [-0.15, -0.1) is 0 Å². The topological polar surface area (TPSA) is 84.6 Å². The maximum absolute atomic E-state index is 11.4. The zero-order chi connectivity index (χ0) is 12.3. The highest BCUT2D eigenvalue weighted by molar-refractivity contribution is 5.85. The molecular weight excluding hydrogens is 208 g/mol. The molecule has 1 rings (SSSR count). The number of nitrogens with two attached hydrogens (primary N) is 1. The highest BCUT2D eigenvalue weighted by Crippen LogP contribution is 2.23. The number of aromatic hydroxyl groups is 1. The van der Waals surface area contributed by atoms with Crippen molar-refractivity contribution >= 4 is 17.5 Å². The number of benzene rings is 1. The Morgan fingerprint density at radius 1 is 1.44 bits per heavy atom. The predicted molar refractivity (Wildman–Crippen MR) is 62.4 cm³/mol. The molecule has 5 nitrogen and oxygen atoms in total. The van der Waals surface area contributed by atoms with E-state index in [0.29, 0.717) is 5.69 Å². The van der Waals surface area contributed by atoms with Crippen LogP contribution in [0.15, 0.2) is 18.2 Å². The molecule has 0 radical (unpaired) electrons. The van der Waals surface area contributed by atoms with Crippen molar-refractivity contribution in [2.45, 2.75) is 26.4 Å². The number of rotatable bonds is 1.